The third kappa shape index (κ3) is 3.25. The first-order valence-electron chi connectivity index (χ1n) is 7.80. The predicted molar refractivity (Wildman–Crippen MR) is 77.6 cm³/mol. The van der Waals surface area contributed by atoms with Gasteiger partial charge >= 0.3 is 0 Å². The summed E-state index contributed by atoms with van der Waals surface area (Å²) in [5.41, 5.74) is 5.91. The Balaban J connectivity index is 1.83. The number of piperidine rings is 2. The van der Waals surface area contributed by atoms with Crippen molar-refractivity contribution in [2.45, 2.75) is 52.1 Å². The quantitative estimate of drug-likeness (QED) is 0.832. The van der Waals surface area contributed by atoms with Crippen LogP contribution in [0.1, 0.15) is 40.0 Å². The number of rotatable bonds is 3. The molecule has 2 saturated heterocycles. The maximum absolute atomic E-state index is 5.91. The van der Waals surface area contributed by atoms with Crippen LogP contribution in [0.4, 0.5) is 0 Å². The van der Waals surface area contributed by atoms with Gasteiger partial charge in [0.1, 0.15) is 0 Å². The van der Waals surface area contributed by atoms with E-state index in [9.17, 15) is 0 Å². The Morgan fingerprint density at radius 2 is 1.78 bits per heavy atom. The molecule has 0 aromatic rings. The van der Waals surface area contributed by atoms with E-state index in [2.05, 4.69) is 30.6 Å². The molecule has 106 valence electrons. The highest BCUT2D eigenvalue weighted by molar-refractivity contribution is 4.86. The van der Waals surface area contributed by atoms with E-state index in [4.69, 9.17) is 5.73 Å². The average molecular weight is 253 g/mol. The normalized spacial score (nSPS) is 33.2. The van der Waals surface area contributed by atoms with E-state index in [1.807, 2.05) is 0 Å². The molecule has 0 aromatic carbocycles. The van der Waals surface area contributed by atoms with E-state index in [-0.39, 0.29) is 0 Å². The van der Waals surface area contributed by atoms with E-state index in [0.29, 0.717) is 6.04 Å². The molecule has 3 nitrogen and oxygen atoms in total. The summed E-state index contributed by atoms with van der Waals surface area (Å²) >= 11 is 0. The van der Waals surface area contributed by atoms with Crippen LogP contribution in [0.2, 0.25) is 0 Å². The molecular weight excluding hydrogens is 222 g/mol. The Kier molecular flexibility index (Phi) is 5.05. The van der Waals surface area contributed by atoms with Crippen LogP contribution in [0.15, 0.2) is 0 Å². The van der Waals surface area contributed by atoms with Crippen LogP contribution in [0.25, 0.3) is 0 Å². The molecule has 0 bridgehead atoms. The van der Waals surface area contributed by atoms with Gasteiger partial charge in [-0.3, -0.25) is 4.90 Å². The number of nitrogens with zero attached hydrogens (tertiary/aromatic N) is 2. The number of likely N-dealkylation sites (tertiary alicyclic amines) is 2. The Morgan fingerprint density at radius 3 is 2.33 bits per heavy atom. The van der Waals surface area contributed by atoms with E-state index >= 15 is 0 Å². The van der Waals surface area contributed by atoms with Gasteiger partial charge in [0.2, 0.25) is 0 Å². The number of hydrogen-bond donors (Lipinski definition) is 1. The summed E-state index contributed by atoms with van der Waals surface area (Å²) in [6.45, 7) is 13.0. The number of nitrogens with two attached hydrogens (primary N) is 1. The second kappa shape index (κ2) is 6.36. The molecule has 0 radical (unpaired) electrons. The van der Waals surface area contributed by atoms with Gasteiger partial charge in [0.25, 0.3) is 0 Å². The van der Waals surface area contributed by atoms with E-state index in [1.165, 1.54) is 45.4 Å². The summed E-state index contributed by atoms with van der Waals surface area (Å²) in [6.07, 6.45) is 4.04. The van der Waals surface area contributed by atoms with Crippen LogP contribution < -0.4 is 5.73 Å². The molecule has 0 saturated carbocycles. The van der Waals surface area contributed by atoms with Crippen molar-refractivity contribution in [3.05, 3.63) is 0 Å². The molecule has 2 aliphatic rings. The van der Waals surface area contributed by atoms with Gasteiger partial charge in [-0.15, -0.1) is 0 Å². The predicted octanol–water partition coefficient (Wildman–Crippen LogP) is 1.78. The lowest BCUT2D eigenvalue weighted by Crippen LogP contribution is -2.51. The minimum Gasteiger partial charge on any atom is -0.330 e. The lowest BCUT2D eigenvalue weighted by Gasteiger charge is -2.44. The molecule has 2 heterocycles. The van der Waals surface area contributed by atoms with Crippen LogP contribution in [-0.4, -0.2) is 54.6 Å². The Labute approximate surface area is 113 Å². The highest BCUT2D eigenvalue weighted by Crippen LogP contribution is 2.27. The van der Waals surface area contributed by atoms with Crippen molar-refractivity contribution in [2.24, 2.45) is 17.6 Å². The molecule has 0 aromatic heterocycles. The van der Waals surface area contributed by atoms with Gasteiger partial charge < -0.3 is 10.6 Å². The summed E-state index contributed by atoms with van der Waals surface area (Å²) in [5, 5.41) is 0. The molecular formula is C15H31N3. The maximum atomic E-state index is 5.91. The molecule has 0 spiro atoms. The summed E-state index contributed by atoms with van der Waals surface area (Å²) in [5.74, 6) is 1.55. The second-order valence-corrected chi connectivity index (χ2v) is 6.62. The SMILES string of the molecule is CC1CCN(C2CCN(C(C)C)CC2)CC1CN. The average Bonchev–Trinajstić information content (AvgIpc) is 2.39. The summed E-state index contributed by atoms with van der Waals surface area (Å²) in [4.78, 5) is 5.35. The molecule has 2 fully saturated rings. The Hall–Kier alpha value is -0.120. The largest absolute Gasteiger partial charge is 0.330 e. The van der Waals surface area contributed by atoms with Gasteiger partial charge in [-0.25, -0.2) is 0 Å². The molecule has 18 heavy (non-hydrogen) atoms. The first kappa shape index (κ1) is 14.3. The highest BCUT2D eigenvalue weighted by atomic mass is 15.2. The van der Waals surface area contributed by atoms with Gasteiger partial charge in [-0.2, -0.15) is 0 Å². The molecule has 2 aliphatic heterocycles. The zero-order chi connectivity index (χ0) is 13.1. The van der Waals surface area contributed by atoms with Crippen LogP contribution >= 0.6 is 0 Å². The molecule has 2 atom stereocenters. The van der Waals surface area contributed by atoms with Crippen molar-refractivity contribution in [1.82, 2.24) is 9.80 Å². The first-order chi connectivity index (χ1) is 8.61. The van der Waals surface area contributed by atoms with Crippen molar-refractivity contribution in [2.75, 3.05) is 32.7 Å². The second-order valence-electron chi connectivity index (χ2n) is 6.62. The van der Waals surface area contributed by atoms with Crippen LogP contribution in [0.5, 0.6) is 0 Å². The van der Waals surface area contributed by atoms with Crippen LogP contribution in [0.3, 0.4) is 0 Å². The topological polar surface area (TPSA) is 32.5 Å². The summed E-state index contributed by atoms with van der Waals surface area (Å²) < 4.78 is 0. The number of hydrogen-bond acceptors (Lipinski definition) is 3. The standard InChI is InChI=1S/C15H31N3/c1-12(2)17-8-5-15(6-9-17)18-7-4-13(3)14(10-16)11-18/h12-15H,4-11,16H2,1-3H3. The van der Waals surface area contributed by atoms with Crippen LogP contribution in [-0.2, 0) is 0 Å². The molecule has 2 unspecified atom stereocenters. The summed E-state index contributed by atoms with van der Waals surface area (Å²) in [6, 6.07) is 1.53. The molecule has 0 amide bonds. The fourth-order valence-electron chi connectivity index (χ4n) is 3.58. The van der Waals surface area contributed by atoms with E-state index in [1.54, 1.807) is 0 Å². The van der Waals surface area contributed by atoms with Crippen molar-refractivity contribution >= 4 is 0 Å². The first-order valence-corrected chi connectivity index (χ1v) is 7.80. The fourth-order valence-corrected chi connectivity index (χ4v) is 3.58. The van der Waals surface area contributed by atoms with Crippen LogP contribution in [0, 0.1) is 11.8 Å². The van der Waals surface area contributed by atoms with Gasteiger partial charge in [0, 0.05) is 18.6 Å². The molecule has 0 aliphatic carbocycles. The minimum absolute atomic E-state index is 0.712. The zero-order valence-electron chi connectivity index (χ0n) is 12.4. The smallest absolute Gasteiger partial charge is 0.0120 e. The van der Waals surface area contributed by atoms with Crippen molar-refractivity contribution < 1.29 is 0 Å². The van der Waals surface area contributed by atoms with E-state index in [0.717, 1.165) is 24.4 Å². The molecule has 2 N–H and O–H groups in total. The summed E-state index contributed by atoms with van der Waals surface area (Å²) in [7, 11) is 0. The van der Waals surface area contributed by atoms with E-state index < -0.39 is 0 Å². The Morgan fingerprint density at radius 1 is 1.11 bits per heavy atom. The highest BCUT2D eigenvalue weighted by Gasteiger charge is 2.31. The van der Waals surface area contributed by atoms with Crippen molar-refractivity contribution in [1.29, 1.82) is 0 Å². The van der Waals surface area contributed by atoms with Gasteiger partial charge in [0.05, 0.1) is 0 Å². The fraction of sp³-hybridized carbons (Fsp3) is 1.00. The lowest BCUT2D eigenvalue weighted by molar-refractivity contribution is 0.0461. The third-order valence-corrected chi connectivity index (χ3v) is 5.19. The maximum Gasteiger partial charge on any atom is 0.0120 e. The van der Waals surface area contributed by atoms with Crippen molar-refractivity contribution in [3.63, 3.8) is 0 Å². The van der Waals surface area contributed by atoms with Gasteiger partial charge in [-0.05, 0) is 71.1 Å². The minimum atomic E-state index is 0.712. The lowest BCUT2D eigenvalue weighted by atomic mass is 9.85. The monoisotopic (exact) mass is 253 g/mol. The molecule has 3 heteroatoms. The third-order valence-electron chi connectivity index (χ3n) is 5.19. The zero-order valence-corrected chi connectivity index (χ0v) is 12.4. The van der Waals surface area contributed by atoms with Gasteiger partial charge in [-0.1, -0.05) is 6.92 Å². The Bertz CT molecular complexity index is 246. The van der Waals surface area contributed by atoms with Crippen molar-refractivity contribution in [3.8, 4) is 0 Å². The van der Waals surface area contributed by atoms with Gasteiger partial charge in [0.15, 0.2) is 0 Å². The molecule has 2 rings (SSSR count).